The third-order valence-electron chi connectivity index (χ3n) is 3.66. The van der Waals surface area contributed by atoms with Gasteiger partial charge in [0.1, 0.15) is 4.21 Å². The molecule has 2 rings (SSSR count). The van der Waals surface area contributed by atoms with Gasteiger partial charge in [-0.1, -0.05) is 35.9 Å². The van der Waals surface area contributed by atoms with Gasteiger partial charge < -0.3 is 10.2 Å². The minimum atomic E-state index is -3.43. The lowest BCUT2D eigenvalue weighted by Gasteiger charge is -2.22. The van der Waals surface area contributed by atoms with Gasteiger partial charge in [0, 0.05) is 26.7 Å². The number of benzene rings is 1. The van der Waals surface area contributed by atoms with Crippen molar-refractivity contribution < 1.29 is 8.42 Å². The molecule has 0 aliphatic heterocycles. The smallest absolute Gasteiger partial charge is 0.250 e. The van der Waals surface area contributed by atoms with Crippen molar-refractivity contribution in [3.05, 3.63) is 52.9 Å². The summed E-state index contributed by atoms with van der Waals surface area (Å²) in [5.74, 6) is 0.753. The Morgan fingerprint density at radius 3 is 2.58 bits per heavy atom. The third kappa shape index (κ3) is 6.12. The molecule has 2 N–H and O–H groups in total. The van der Waals surface area contributed by atoms with Gasteiger partial charge in [-0.2, -0.15) is 0 Å². The van der Waals surface area contributed by atoms with E-state index in [-0.39, 0.29) is 6.54 Å². The molecule has 26 heavy (non-hydrogen) atoms. The van der Waals surface area contributed by atoms with Crippen LogP contribution in [0.25, 0.3) is 0 Å². The van der Waals surface area contributed by atoms with Crippen LogP contribution in [0, 0.1) is 6.92 Å². The molecule has 2 aromatic rings. The lowest BCUT2D eigenvalue weighted by Crippen LogP contribution is -2.39. The highest BCUT2D eigenvalue weighted by Crippen LogP contribution is 2.14. The molecule has 0 aliphatic carbocycles. The minimum Gasteiger partial charge on any atom is -0.357 e. The summed E-state index contributed by atoms with van der Waals surface area (Å²) in [6.45, 7) is 6.18. The van der Waals surface area contributed by atoms with Crippen molar-refractivity contribution in [3.8, 4) is 0 Å². The monoisotopic (exact) mass is 394 g/mol. The highest BCUT2D eigenvalue weighted by atomic mass is 32.2. The van der Waals surface area contributed by atoms with Crippen LogP contribution in [0.15, 0.2) is 51.0 Å². The van der Waals surface area contributed by atoms with Crippen LogP contribution >= 0.6 is 11.3 Å². The summed E-state index contributed by atoms with van der Waals surface area (Å²) >= 11 is 1.20. The molecule has 8 heteroatoms. The lowest BCUT2D eigenvalue weighted by atomic mass is 10.1. The summed E-state index contributed by atoms with van der Waals surface area (Å²) in [5, 5.41) is 4.99. The molecule has 0 aliphatic rings. The fraction of sp³-hybridized carbons (Fsp3) is 0.389. The van der Waals surface area contributed by atoms with E-state index in [2.05, 4.69) is 46.2 Å². The largest absolute Gasteiger partial charge is 0.357 e. The number of hydrogen-bond acceptors (Lipinski definition) is 4. The molecule has 0 spiro atoms. The molecule has 0 unspecified atom stereocenters. The number of aliphatic imine (C=N–C) groups is 1. The Hall–Kier alpha value is -1.90. The van der Waals surface area contributed by atoms with Crippen LogP contribution in [0.5, 0.6) is 0 Å². The second-order valence-corrected chi connectivity index (χ2v) is 8.85. The molecule has 0 fully saturated rings. The highest BCUT2D eigenvalue weighted by molar-refractivity contribution is 7.91. The number of guanidine groups is 1. The maximum absolute atomic E-state index is 12.1. The Kier molecular flexibility index (Phi) is 7.62. The Morgan fingerprint density at radius 1 is 1.23 bits per heavy atom. The topological polar surface area (TPSA) is 73.8 Å². The molecule has 0 bridgehead atoms. The van der Waals surface area contributed by atoms with Crippen molar-refractivity contribution in [1.82, 2.24) is 14.9 Å². The predicted octanol–water partition coefficient (Wildman–Crippen LogP) is 2.43. The number of aryl methyl sites for hydroxylation is 1. The Balaban J connectivity index is 1.92. The van der Waals surface area contributed by atoms with Crippen LogP contribution in [0.4, 0.5) is 0 Å². The molecule has 142 valence electrons. The number of nitrogens with one attached hydrogen (secondary N) is 2. The fourth-order valence-electron chi connectivity index (χ4n) is 2.34. The van der Waals surface area contributed by atoms with Gasteiger partial charge in [0.2, 0.25) is 10.0 Å². The van der Waals surface area contributed by atoms with Crippen LogP contribution in [-0.4, -0.2) is 46.0 Å². The van der Waals surface area contributed by atoms with Crippen molar-refractivity contribution in [3.63, 3.8) is 0 Å². The van der Waals surface area contributed by atoms with E-state index < -0.39 is 10.0 Å². The van der Waals surface area contributed by atoms with Gasteiger partial charge >= 0.3 is 0 Å². The molecule has 1 aromatic heterocycles. The van der Waals surface area contributed by atoms with Crippen molar-refractivity contribution in [2.75, 3.05) is 26.7 Å². The maximum Gasteiger partial charge on any atom is 0.250 e. The van der Waals surface area contributed by atoms with Crippen molar-refractivity contribution in [1.29, 1.82) is 0 Å². The van der Waals surface area contributed by atoms with E-state index in [4.69, 9.17) is 0 Å². The number of rotatable bonds is 8. The van der Waals surface area contributed by atoms with Crippen molar-refractivity contribution in [2.45, 2.75) is 24.6 Å². The van der Waals surface area contributed by atoms with Gasteiger partial charge in [0.25, 0.3) is 0 Å². The molecular formula is C18H26N4O2S2. The van der Waals surface area contributed by atoms with E-state index in [1.165, 1.54) is 22.5 Å². The first kappa shape index (κ1) is 20.4. The zero-order chi connectivity index (χ0) is 19.0. The molecule has 0 amide bonds. The van der Waals surface area contributed by atoms with Crippen LogP contribution < -0.4 is 10.0 Å². The summed E-state index contributed by atoms with van der Waals surface area (Å²) in [6.07, 6.45) is 0. The van der Waals surface area contributed by atoms with Crippen molar-refractivity contribution >= 4 is 27.3 Å². The van der Waals surface area contributed by atoms with E-state index in [0.29, 0.717) is 10.8 Å². The number of hydrogen-bond donors (Lipinski definition) is 2. The van der Waals surface area contributed by atoms with E-state index in [0.717, 1.165) is 19.0 Å². The maximum atomic E-state index is 12.1. The first-order valence-corrected chi connectivity index (χ1v) is 10.9. The molecule has 0 saturated carbocycles. The Labute approximate surface area is 160 Å². The van der Waals surface area contributed by atoms with Gasteiger partial charge in [0.05, 0.1) is 6.54 Å². The number of sulfonamides is 1. The van der Waals surface area contributed by atoms with Crippen LogP contribution in [0.1, 0.15) is 18.1 Å². The van der Waals surface area contributed by atoms with Crippen molar-refractivity contribution in [2.24, 2.45) is 4.99 Å². The van der Waals surface area contributed by atoms with E-state index >= 15 is 0 Å². The van der Waals surface area contributed by atoms with Gasteiger partial charge in [-0.3, -0.25) is 4.99 Å². The number of thiophene rings is 1. The summed E-state index contributed by atoms with van der Waals surface area (Å²) in [4.78, 5) is 6.55. The van der Waals surface area contributed by atoms with E-state index in [1.807, 2.05) is 18.9 Å². The first-order chi connectivity index (χ1) is 12.4. The molecule has 1 heterocycles. The summed E-state index contributed by atoms with van der Waals surface area (Å²) in [6, 6.07) is 11.7. The zero-order valence-electron chi connectivity index (χ0n) is 15.4. The Bertz CT molecular complexity index is 800. The molecule has 0 saturated heterocycles. The van der Waals surface area contributed by atoms with Gasteiger partial charge in [-0.15, -0.1) is 11.3 Å². The summed E-state index contributed by atoms with van der Waals surface area (Å²) < 4.78 is 27.1. The summed E-state index contributed by atoms with van der Waals surface area (Å²) in [7, 11) is -1.47. The quantitative estimate of drug-likeness (QED) is 0.410. The number of nitrogens with zero attached hydrogens (tertiary/aromatic N) is 2. The Morgan fingerprint density at radius 2 is 1.96 bits per heavy atom. The average molecular weight is 395 g/mol. The predicted molar refractivity (Wildman–Crippen MR) is 108 cm³/mol. The first-order valence-electron chi connectivity index (χ1n) is 8.50. The summed E-state index contributed by atoms with van der Waals surface area (Å²) in [5.41, 5.74) is 2.43. The lowest BCUT2D eigenvalue weighted by molar-refractivity contribution is 0.477. The van der Waals surface area contributed by atoms with E-state index in [1.54, 1.807) is 17.5 Å². The van der Waals surface area contributed by atoms with Crippen LogP contribution in [-0.2, 0) is 16.6 Å². The second-order valence-electron chi connectivity index (χ2n) is 5.91. The second kappa shape index (κ2) is 9.70. The molecule has 6 nitrogen and oxygen atoms in total. The normalized spacial score (nSPS) is 12.2. The standard InChI is InChI=1S/C18H26N4O2S2/c1-4-19-18(22(3)14-16-9-7-15(2)8-10-16)20-11-12-21-26(23,24)17-6-5-13-25-17/h5-10,13,21H,4,11-12,14H2,1-3H3,(H,19,20). The SMILES string of the molecule is CCNC(=NCCNS(=O)(=O)c1cccs1)N(C)Cc1ccc(C)cc1. The third-order valence-corrected chi connectivity index (χ3v) is 6.52. The molecule has 1 aromatic carbocycles. The zero-order valence-corrected chi connectivity index (χ0v) is 17.0. The van der Waals surface area contributed by atoms with Gasteiger partial charge in [-0.25, -0.2) is 13.1 Å². The van der Waals surface area contributed by atoms with Gasteiger partial charge in [-0.05, 0) is 30.9 Å². The molecule has 0 radical (unpaired) electrons. The van der Waals surface area contributed by atoms with Gasteiger partial charge in [0.15, 0.2) is 5.96 Å². The van der Waals surface area contributed by atoms with Crippen LogP contribution in [0.2, 0.25) is 0 Å². The highest BCUT2D eigenvalue weighted by Gasteiger charge is 2.14. The minimum absolute atomic E-state index is 0.257. The fourth-order valence-corrected chi connectivity index (χ4v) is 4.40. The average Bonchev–Trinajstić information content (AvgIpc) is 3.15. The molecular weight excluding hydrogens is 368 g/mol. The van der Waals surface area contributed by atoms with Crippen LogP contribution in [0.3, 0.4) is 0 Å². The molecule has 0 atom stereocenters. The van der Waals surface area contributed by atoms with E-state index in [9.17, 15) is 8.42 Å².